The fourth-order valence-corrected chi connectivity index (χ4v) is 4.83. The molecule has 0 spiro atoms. The van der Waals surface area contributed by atoms with Crippen LogP contribution in [0.15, 0.2) is 42.5 Å². The van der Waals surface area contributed by atoms with Gasteiger partial charge in [0, 0.05) is 12.3 Å². The molecule has 4 nitrogen and oxygen atoms in total. The van der Waals surface area contributed by atoms with Crippen LogP contribution in [0.5, 0.6) is 0 Å². The van der Waals surface area contributed by atoms with Crippen LogP contribution < -0.4 is 5.32 Å². The van der Waals surface area contributed by atoms with Crippen LogP contribution in [-0.2, 0) is 11.2 Å². The molecule has 29 heavy (non-hydrogen) atoms. The summed E-state index contributed by atoms with van der Waals surface area (Å²) in [7, 11) is 0. The van der Waals surface area contributed by atoms with E-state index >= 15 is 0 Å². The Balaban J connectivity index is 1.40. The smallest absolute Gasteiger partial charge is 0.224 e. The highest BCUT2D eigenvalue weighted by Crippen LogP contribution is 2.48. The van der Waals surface area contributed by atoms with E-state index in [0.717, 1.165) is 36.0 Å². The Hall–Kier alpha value is -3.18. The molecule has 2 aromatic carbocycles. The van der Waals surface area contributed by atoms with Crippen LogP contribution in [0.4, 0.5) is 4.39 Å². The lowest BCUT2D eigenvalue weighted by molar-refractivity contribution is -0.126. The molecule has 2 aliphatic carbocycles. The molecule has 146 valence electrons. The van der Waals surface area contributed by atoms with Crippen molar-refractivity contribution in [3.05, 3.63) is 59.4 Å². The van der Waals surface area contributed by atoms with Crippen LogP contribution >= 0.6 is 0 Å². The minimum absolute atomic E-state index is 0.0134. The van der Waals surface area contributed by atoms with Gasteiger partial charge in [-0.15, -0.1) is 0 Å². The molecule has 2 saturated carbocycles. The third-order valence-electron chi connectivity index (χ3n) is 6.36. The first-order valence-corrected chi connectivity index (χ1v) is 10.1. The van der Waals surface area contributed by atoms with Crippen molar-refractivity contribution in [3.8, 4) is 23.3 Å². The van der Waals surface area contributed by atoms with Gasteiger partial charge in [0.2, 0.25) is 5.91 Å². The molecule has 4 atom stereocenters. The van der Waals surface area contributed by atoms with Crippen LogP contribution in [-0.4, -0.2) is 11.9 Å². The number of carbonyl (C=O) groups excluding carboxylic acids is 1. The van der Waals surface area contributed by atoms with Gasteiger partial charge >= 0.3 is 0 Å². The topological polar surface area (TPSA) is 76.7 Å². The third kappa shape index (κ3) is 4.00. The summed E-state index contributed by atoms with van der Waals surface area (Å²) >= 11 is 0. The Kier molecular flexibility index (Phi) is 5.32. The number of benzene rings is 2. The average Bonchev–Trinajstić information content (AvgIpc) is 3.38. The zero-order chi connectivity index (χ0) is 20.4. The van der Waals surface area contributed by atoms with Gasteiger partial charge in [0.15, 0.2) is 0 Å². The average molecular weight is 387 g/mol. The molecule has 0 saturated heterocycles. The van der Waals surface area contributed by atoms with Crippen molar-refractivity contribution in [1.82, 2.24) is 5.32 Å². The number of nitrogens with one attached hydrogen (secondary N) is 1. The third-order valence-corrected chi connectivity index (χ3v) is 6.36. The van der Waals surface area contributed by atoms with Crippen molar-refractivity contribution in [2.75, 3.05) is 0 Å². The summed E-state index contributed by atoms with van der Waals surface area (Å²) in [6.45, 7) is 0. The summed E-state index contributed by atoms with van der Waals surface area (Å²) in [6.07, 6.45) is 4.94. The number of rotatable bonds is 5. The highest BCUT2D eigenvalue weighted by molar-refractivity contribution is 5.80. The molecule has 2 aliphatic rings. The lowest BCUT2D eigenvalue weighted by Gasteiger charge is -2.22. The predicted molar refractivity (Wildman–Crippen MR) is 107 cm³/mol. The zero-order valence-electron chi connectivity index (χ0n) is 16.1. The maximum atomic E-state index is 13.5. The van der Waals surface area contributed by atoms with E-state index < -0.39 is 11.9 Å². The number of carbonyl (C=O) groups is 1. The zero-order valence-corrected chi connectivity index (χ0v) is 16.1. The van der Waals surface area contributed by atoms with E-state index in [9.17, 15) is 14.4 Å². The van der Waals surface area contributed by atoms with E-state index in [1.807, 2.05) is 30.3 Å². The van der Waals surface area contributed by atoms with Crippen LogP contribution in [0.1, 0.15) is 36.8 Å². The second kappa shape index (κ2) is 8.05. The van der Waals surface area contributed by atoms with Gasteiger partial charge in [-0.1, -0.05) is 36.8 Å². The molecule has 2 bridgehead atoms. The van der Waals surface area contributed by atoms with Gasteiger partial charge in [-0.25, -0.2) is 4.39 Å². The van der Waals surface area contributed by atoms with Gasteiger partial charge in [0.25, 0.3) is 0 Å². The lowest BCUT2D eigenvalue weighted by atomic mass is 9.88. The van der Waals surface area contributed by atoms with Crippen molar-refractivity contribution >= 4 is 5.91 Å². The number of nitrogens with zero attached hydrogens (tertiary/aromatic N) is 2. The van der Waals surface area contributed by atoms with E-state index in [1.54, 1.807) is 6.07 Å². The van der Waals surface area contributed by atoms with Crippen molar-refractivity contribution in [2.45, 2.75) is 38.1 Å². The first-order chi connectivity index (χ1) is 14.1. The molecule has 1 N–H and O–H groups in total. The van der Waals surface area contributed by atoms with Crippen LogP contribution in [0, 0.1) is 46.2 Å². The number of fused-ring (bicyclic) bond motifs is 2. The molecular weight excluding hydrogens is 365 g/mol. The first-order valence-electron chi connectivity index (χ1n) is 10.1. The van der Waals surface area contributed by atoms with E-state index in [1.165, 1.54) is 18.6 Å². The second-order valence-electron chi connectivity index (χ2n) is 8.18. The van der Waals surface area contributed by atoms with Gasteiger partial charge in [-0.2, -0.15) is 10.5 Å². The molecule has 0 radical (unpaired) electrons. The molecule has 0 heterocycles. The molecule has 1 amide bonds. The molecule has 0 unspecified atom stereocenters. The number of amides is 1. The Bertz CT molecular complexity index is 1000. The summed E-state index contributed by atoms with van der Waals surface area (Å²) in [5.74, 6) is 0.746. The molecule has 0 aliphatic heterocycles. The van der Waals surface area contributed by atoms with Crippen LogP contribution in [0.2, 0.25) is 0 Å². The number of hydrogen-bond donors (Lipinski definition) is 1. The fraction of sp³-hybridized carbons (Fsp3) is 0.375. The van der Waals surface area contributed by atoms with Crippen molar-refractivity contribution in [1.29, 1.82) is 10.5 Å². The Labute approximate surface area is 170 Å². The fourth-order valence-electron chi connectivity index (χ4n) is 4.83. The lowest BCUT2D eigenvalue weighted by Crippen LogP contribution is -2.40. The van der Waals surface area contributed by atoms with Crippen molar-refractivity contribution in [3.63, 3.8) is 0 Å². The minimum atomic E-state index is -0.552. The Morgan fingerprint density at radius 1 is 1.10 bits per heavy atom. The van der Waals surface area contributed by atoms with E-state index in [4.69, 9.17) is 5.26 Å². The van der Waals surface area contributed by atoms with Gasteiger partial charge in [-0.3, -0.25) is 4.79 Å². The summed E-state index contributed by atoms with van der Waals surface area (Å²) in [4.78, 5) is 12.6. The standard InChI is InChI=1S/C24H22FN3O/c25-23-8-7-18(12-20(23)13-26)17-4-1-15(2-5-17)10-21(14-27)28-24(29)22-11-16-3-6-19(22)9-16/h1-2,4-5,7-8,12,16,19,21-22H,3,6,9-11H2,(H,28,29)/t16-,19+,21+,22+/m1/s1. The second-order valence-corrected chi connectivity index (χ2v) is 8.18. The molecule has 0 aromatic heterocycles. The molecule has 2 fully saturated rings. The van der Waals surface area contributed by atoms with Crippen molar-refractivity contribution in [2.24, 2.45) is 17.8 Å². The summed E-state index contributed by atoms with van der Waals surface area (Å²) < 4.78 is 13.5. The SMILES string of the molecule is N#Cc1cc(-c2ccc(C[C@@H](C#N)NC(=O)[C@H]3C[C@@H]4CC[C@H]3C4)cc2)ccc1F. The number of nitriles is 2. The highest BCUT2D eigenvalue weighted by atomic mass is 19.1. The molecule has 2 aromatic rings. The van der Waals surface area contributed by atoms with Gasteiger partial charge in [0.05, 0.1) is 11.6 Å². The molecular formula is C24H22FN3O. The number of halogens is 1. The van der Waals surface area contributed by atoms with E-state index in [-0.39, 0.29) is 17.4 Å². The maximum absolute atomic E-state index is 13.5. The predicted octanol–water partition coefficient (Wildman–Crippen LogP) is 4.35. The summed E-state index contributed by atoms with van der Waals surface area (Å²) in [5.41, 5.74) is 2.58. The van der Waals surface area contributed by atoms with Gasteiger partial charge in [-0.05, 0) is 59.9 Å². The van der Waals surface area contributed by atoms with Crippen molar-refractivity contribution < 1.29 is 9.18 Å². The largest absolute Gasteiger partial charge is 0.340 e. The summed E-state index contributed by atoms with van der Waals surface area (Å²) in [5, 5.41) is 21.4. The Morgan fingerprint density at radius 2 is 1.86 bits per heavy atom. The normalized spacial score (nSPS) is 23.2. The van der Waals surface area contributed by atoms with Crippen LogP contribution in [0.3, 0.4) is 0 Å². The van der Waals surface area contributed by atoms with E-state index in [2.05, 4.69) is 11.4 Å². The van der Waals surface area contributed by atoms with Gasteiger partial charge < -0.3 is 5.32 Å². The quantitative estimate of drug-likeness (QED) is 0.828. The maximum Gasteiger partial charge on any atom is 0.224 e. The van der Waals surface area contributed by atoms with E-state index in [0.29, 0.717) is 18.3 Å². The van der Waals surface area contributed by atoms with Crippen LogP contribution in [0.25, 0.3) is 11.1 Å². The highest BCUT2D eigenvalue weighted by Gasteiger charge is 2.43. The minimum Gasteiger partial charge on any atom is -0.340 e. The first kappa shape index (κ1) is 19.2. The summed E-state index contributed by atoms with van der Waals surface area (Å²) in [6, 6.07) is 15.5. The van der Waals surface area contributed by atoms with Gasteiger partial charge in [0.1, 0.15) is 17.9 Å². The number of hydrogen-bond acceptors (Lipinski definition) is 3. The Morgan fingerprint density at radius 3 is 2.48 bits per heavy atom. The molecule has 5 heteroatoms. The monoisotopic (exact) mass is 387 g/mol. The molecule has 4 rings (SSSR count).